The van der Waals surface area contributed by atoms with Crippen LogP contribution in [0.4, 0.5) is 4.79 Å². The summed E-state index contributed by atoms with van der Waals surface area (Å²) in [5, 5.41) is 8.85. The zero-order valence-corrected chi connectivity index (χ0v) is 11.1. The standard InChI is InChI=1S/C10H17N3O4S/c1-3-12(4-8(11)14)10(17)13-6(2)18-5-7(13)9(15)16/h6-7H,3-5H2,1-2H3,(H2,11,14)(H,15,16). The van der Waals surface area contributed by atoms with E-state index in [1.165, 1.54) is 21.6 Å². The Balaban J connectivity index is 2.85. The van der Waals surface area contributed by atoms with Gasteiger partial charge in [-0.05, 0) is 13.8 Å². The maximum Gasteiger partial charge on any atom is 0.327 e. The lowest BCUT2D eigenvalue weighted by molar-refractivity contribution is -0.141. The molecule has 0 bridgehead atoms. The summed E-state index contributed by atoms with van der Waals surface area (Å²) in [6, 6.07) is -1.30. The van der Waals surface area contributed by atoms with Crippen molar-refractivity contribution in [1.29, 1.82) is 0 Å². The van der Waals surface area contributed by atoms with Crippen molar-refractivity contribution in [3.8, 4) is 0 Å². The Morgan fingerprint density at radius 2 is 2.11 bits per heavy atom. The third kappa shape index (κ3) is 3.06. The van der Waals surface area contributed by atoms with E-state index < -0.39 is 23.9 Å². The van der Waals surface area contributed by atoms with E-state index in [1.807, 2.05) is 0 Å². The van der Waals surface area contributed by atoms with Crippen molar-refractivity contribution < 1.29 is 19.5 Å². The molecule has 0 radical (unpaired) electrons. The van der Waals surface area contributed by atoms with E-state index >= 15 is 0 Å². The molecule has 0 aromatic heterocycles. The van der Waals surface area contributed by atoms with E-state index in [2.05, 4.69) is 0 Å². The number of carboxylic acid groups (broad SMARTS) is 1. The Hall–Kier alpha value is -1.44. The predicted octanol–water partition coefficient (Wildman–Crippen LogP) is -0.238. The molecule has 3 N–H and O–H groups in total. The molecule has 102 valence electrons. The maximum atomic E-state index is 12.2. The van der Waals surface area contributed by atoms with Crippen molar-refractivity contribution in [3.63, 3.8) is 0 Å². The smallest absolute Gasteiger partial charge is 0.327 e. The third-order valence-corrected chi connectivity index (χ3v) is 3.95. The van der Waals surface area contributed by atoms with Gasteiger partial charge in [0.05, 0.1) is 5.37 Å². The van der Waals surface area contributed by atoms with Gasteiger partial charge >= 0.3 is 12.0 Å². The van der Waals surface area contributed by atoms with Crippen LogP contribution >= 0.6 is 11.8 Å². The molecular weight excluding hydrogens is 258 g/mol. The highest BCUT2D eigenvalue weighted by Crippen LogP contribution is 2.29. The molecule has 0 aromatic rings. The summed E-state index contributed by atoms with van der Waals surface area (Å²) >= 11 is 1.40. The summed E-state index contributed by atoms with van der Waals surface area (Å²) < 4.78 is 0. The summed E-state index contributed by atoms with van der Waals surface area (Å²) in [7, 11) is 0. The number of aliphatic carboxylic acids is 1. The number of thioether (sulfide) groups is 1. The molecule has 2 atom stereocenters. The van der Waals surface area contributed by atoms with Crippen LogP contribution in [0.1, 0.15) is 13.8 Å². The number of nitrogens with two attached hydrogens (primary N) is 1. The molecule has 0 aromatic carbocycles. The number of likely N-dealkylation sites (N-methyl/N-ethyl adjacent to an activating group) is 1. The van der Waals surface area contributed by atoms with Crippen LogP contribution in [0.15, 0.2) is 0 Å². The van der Waals surface area contributed by atoms with Crippen LogP contribution in [0.3, 0.4) is 0 Å². The first-order chi connectivity index (χ1) is 8.38. The Morgan fingerprint density at radius 1 is 1.50 bits per heavy atom. The number of urea groups is 1. The molecule has 1 rings (SSSR count). The quantitative estimate of drug-likeness (QED) is 0.737. The maximum absolute atomic E-state index is 12.2. The molecule has 0 aliphatic carbocycles. The molecule has 0 spiro atoms. The van der Waals surface area contributed by atoms with Crippen LogP contribution in [0.25, 0.3) is 0 Å². The number of carboxylic acids is 1. The van der Waals surface area contributed by atoms with Crippen LogP contribution in [0, 0.1) is 0 Å². The molecule has 1 heterocycles. The zero-order chi connectivity index (χ0) is 13.9. The van der Waals surface area contributed by atoms with Crippen LogP contribution in [0.5, 0.6) is 0 Å². The van der Waals surface area contributed by atoms with E-state index in [0.29, 0.717) is 12.3 Å². The number of hydrogen-bond acceptors (Lipinski definition) is 4. The van der Waals surface area contributed by atoms with Gasteiger partial charge < -0.3 is 15.7 Å². The highest BCUT2D eigenvalue weighted by molar-refractivity contribution is 8.00. The van der Waals surface area contributed by atoms with Gasteiger partial charge in [0, 0.05) is 12.3 Å². The molecule has 1 aliphatic rings. The minimum atomic E-state index is -1.03. The zero-order valence-electron chi connectivity index (χ0n) is 10.3. The molecular formula is C10H17N3O4S. The van der Waals surface area contributed by atoms with Crippen LogP contribution < -0.4 is 5.73 Å². The number of amides is 3. The fourth-order valence-electron chi connectivity index (χ4n) is 1.79. The Morgan fingerprint density at radius 3 is 2.56 bits per heavy atom. The SMILES string of the molecule is CCN(CC(N)=O)C(=O)N1C(C)SCC1C(=O)O. The van der Waals surface area contributed by atoms with E-state index in [1.54, 1.807) is 13.8 Å². The van der Waals surface area contributed by atoms with E-state index in [4.69, 9.17) is 10.8 Å². The van der Waals surface area contributed by atoms with Crippen LogP contribution in [-0.2, 0) is 9.59 Å². The highest BCUT2D eigenvalue weighted by Gasteiger charge is 2.41. The summed E-state index contributed by atoms with van der Waals surface area (Å²) in [5.41, 5.74) is 5.06. The van der Waals surface area contributed by atoms with Gasteiger partial charge in [-0.25, -0.2) is 9.59 Å². The minimum Gasteiger partial charge on any atom is -0.480 e. The third-order valence-electron chi connectivity index (χ3n) is 2.73. The van der Waals surface area contributed by atoms with Crippen LogP contribution in [0.2, 0.25) is 0 Å². The van der Waals surface area contributed by atoms with Gasteiger partial charge in [-0.15, -0.1) is 11.8 Å². The molecule has 3 amide bonds. The van der Waals surface area contributed by atoms with Gasteiger partial charge in [0.15, 0.2) is 0 Å². The first-order valence-electron chi connectivity index (χ1n) is 5.58. The molecule has 8 heteroatoms. The summed E-state index contributed by atoms with van der Waals surface area (Å²) in [4.78, 5) is 36.7. The molecule has 0 saturated carbocycles. The number of primary amides is 1. The lowest BCUT2D eigenvalue weighted by Crippen LogP contribution is -2.52. The Labute approximate surface area is 109 Å². The number of carbonyl (C=O) groups excluding carboxylic acids is 2. The van der Waals surface area contributed by atoms with Gasteiger partial charge in [-0.2, -0.15) is 0 Å². The molecule has 18 heavy (non-hydrogen) atoms. The van der Waals surface area contributed by atoms with Gasteiger partial charge in [0.2, 0.25) is 5.91 Å². The Kier molecular flexibility index (Phi) is 4.83. The number of carbonyl (C=O) groups is 3. The van der Waals surface area contributed by atoms with Crippen molar-refractivity contribution >= 4 is 29.7 Å². The predicted molar refractivity (Wildman–Crippen MR) is 67.0 cm³/mol. The second-order valence-corrected chi connectivity index (χ2v) is 5.31. The lowest BCUT2D eigenvalue weighted by Gasteiger charge is -2.31. The number of nitrogens with zero attached hydrogens (tertiary/aromatic N) is 2. The monoisotopic (exact) mass is 275 g/mol. The highest BCUT2D eigenvalue weighted by atomic mass is 32.2. The summed E-state index contributed by atoms with van der Waals surface area (Å²) in [5.74, 6) is -1.29. The van der Waals surface area contributed by atoms with Crippen molar-refractivity contribution in [2.45, 2.75) is 25.3 Å². The topological polar surface area (TPSA) is 104 Å². The van der Waals surface area contributed by atoms with E-state index in [-0.39, 0.29) is 11.9 Å². The number of rotatable bonds is 4. The average molecular weight is 275 g/mol. The first kappa shape index (κ1) is 14.6. The van der Waals surface area contributed by atoms with Gasteiger partial charge in [0.1, 0.15) is 12.6 Å². The second kappa shape index (κ2) is 5.94. The normalized spacial score (nSPS) is 22.9. The second-order valence-electron chi connectivity index (χ2n) is 3.96. The molecule has 2 unspecified atom stereocenters. The first-order valence-corrected chi connectivity index (χ1v) is 6.63. The van der Waals surface area contributed by atoms with E-state index in [0.717, 1.165) is 0 Å². The minimum absolute atomic E-state index is 0.199. The van der Waals surface area contributed by atoms with Gasteiger partial charge in [-0.3, -0.25) is 9.69 Å². The van der Waals surface area contributed by atoms with E-state index in [9.17, 15) is 14.4 Å². The lowest BCUT2D eigenvalue weighted by atomic mass is 10.3. The molecule has 7 nitrogen and oxygen atoms in total. The molecule has 1 saturated heterocycles. The van der Waals surface area contributed by atoms with Gasteiger partial charge in [0.25, 0.3) is 0 Å². The number of hydrogen-bond donors (Lipinski definition) is 2. The fraction of sp³-hybridized carbons (Fsp3) is 0.700. The van der Waals surface area contributed by atoms with Gasteiger partial charge in [-0.1, -0.05) is 0 Å². The van der Waals surface area contributed by atoms with Crippen molar-refractivity contribution in [3.05, 3.63) is 0 Å². The Bertz CT molecular complexity index is 363. The average Bonchev–Trinajstić information content (AvgIpc) is 2.66. The van der Waals surface area contributed by atoms with Crippen molar-refractivity contribution in [2.75, 3.05) is 18.8 Å². The summed E-state index contributed by atoms with van der Waals surface area (Å²) in [6.07, 6.45) is 0. The molecule has 1 fully saturated rings. The van der Waals surface area contributed by atoms with Crippen molar-refractivity contribution in [1.82, 2.24) is 9.80 Å². The largest absolute Gasteiger partial charge is 0.480 e. The fourth-order valence-corrected chi connectivity index (χ4v) is 2.95. The summed E-state index contributed by atoms with van der Waals surface area (Å²) in [6.45, 7) is 3.59. The van der Waals surface area contributed by atoms with Crippen LogP contribution in [-0.4, -0.2) is 63.1 Å². The molecule has 1 aliphatic heterocycles. The van der Waals surface area contributed by atoms with Crippen molar-refractivity contribution in [2.24, 2.45) is 5.73 Å².